The zero-order chi connectivity index (χ0) is 23.1. The van der Waals surface area contributed by atoms with E-state index in [0.717, 1.165) is 11.3 Å². The van der Waals surface area contributed by atoms with E-state index in [1.54, 1.807) is 34.9 Å². The number of hydrogen-bond donors (Lipinski definition) is 1. The summed E-state index contributed by atoms with van der Waals surface area (Å²) in [5.74, 6) is -0.439. The van der Waals surface area contributed by atoms with E-state index in [0.29, 0.717) is 31.6 Å². The number of fused-ring (bicyclic) bond motifs is 2. The molecule has 4 rings (SSSR count). The fraction of sp³-hybridized carbons (Fsp3) is 0.522. The molecule has 32 heavy (non-hydrogen) atoms. The lowest BCUT2D eigenvalue weighted by atomic mass is 9.82. The first-order valence-electron chi connectivity index (χ1n) is 11.1. The molecule has 1 fully saturated rings. The van der Waals surface area contributed by atoms with E-state index in [9.17, 15) is 4.79 Å². The van der Waals surface area contributed by atoms with E-state index in [-0.39, 0.29) is 24.0 Å². The maximum Gasteiger partial charge on any atom is 0.264 e. The number of benzene rings is 1. The quantitative estimate of drug-likeness (QED) is 0.373. The number of aliphatic hydroxyl groups is 1. The molecule has 1 N–H and O–H groups in total. The number of rotatable bonds is 8. The third-order valence-corrected chi connectivity index (χ3v) is 9.23. The number of aliphatic hydroxyl groups excluding tert-OH is 1. The molecule has 0 unspecified atom stereocenters. The molecule has 172 valence electrons. The van der Waals surface area contributed by atoms with Crippen molar-refractivity contribution in [3.63, 3.8) is 0 Å². The van der Waals surface area contributed by atoms with Crippen molar-refractivity contribution in [2.75, 3.05) is 18.1 Å². The highest BCUT2D eigenvalue weighted by Crippen LogP contribution is 2.60. The standard InChI is InChI=1S/C23H31FN4O3Si/c1-5-12-28-19-9-7-6-8-18(19)23(22(28)30)16(2)21(32(3,4)24)20(31-23)10-13-27-15-17(11-14-29)25-26-27/h5-9,15-16,20-21,29H,1,10-14H2,2-4H3/t16-,20+,21-,23+/m0/s1. The van der Waals surface area contributed by atoms with Gasteiger partial charge < -0.3 is 18.9 Å². The SMILES string of the molecule is C=CCN1C(=O)[C@]2(O[C@H](CCn3cc(CCO)nn3)[C@@H]([Si](C)(C)F)[C@@H]2C)c2ccccc21. The van der Waals surface area contributed by atoms with Gasteiger partial charge in [0.2, 0.25) is 8.41 Å². The molecule has 1 aromatic carbocycles. The summed E-state index contributed by atoms with van der Waals surface area (Å²) >= 11 is 0. The van der Waals surface area contributed by atoms with Crippen molar-refractivity contribution >= 4 is 20.0 Å². The fourth-order valence-electron chi connectivity index (χ4n) is 5.52. The molecule has 0 radical (unpaired) electrons. The van der Waals surface area contributed by atoms with Crippen LogP contribution in [0.3, 0.4) is 0 Å². The van der Waals surface area contributed by atoms with Gasteiger partial charge in [0.25, 0.3) is 5.91 Å². The fourth-order valence-corrected chi connectivity index (χ4v) is 8.06. The van der Waals surface area contributed by atoms with Crippen LogP contribution in [0.1, 0.15) is 24.6 Å². The molecule has 7 nitrogen and oxygen atoms in total. The van der Waals surface area contributed by atoms with E-state index < -0.39 is 20.1 Å². The summed E-state index contributed by atoms with van der Waals surface area (Å²) in [6.45, 7) is 10.0. The lowest BCUT2D eigenvalue weighted by Gasteiger charge is -2.31. The number of aromatic nitrogens is 3. The summed E-state index contributed by atoms with van der Waals surface area (Å²) in [5, 5.41) is 17.3. The summed E-state index contributed by atoms with van der Waals surface area (Å²) < 4.78 is 24.0. The minimum atomic E-state index is -3.18. The van der Waals surface area contributed by atoms with Gasteiger partial charge in [0.05, 0.1) is 17.5 Å². The first-order valence-corrected chi connectivity index (χ1v) is 14.1. The van der Waals surface area contributed by atoms with E-state index in [1.807, 2.05) is 31.2 Å². The number of hydrogen-bond acceptors (Lipinski definition) is 5. The minimum absolute atomic E-state index is 0.0108. The zero-order valence-electron chi connectivity index (χ0n) is 18.9. The van der Waals surface area contributed by atoms with Gasteiger partial charge in [-0.05, 0) is 25.6 Å². The second-order valence-electron chi connectivity index (χ2n) is 9.23. The summed E-state index contributed by atoms with van der Waals surface area (Å²) in [7, 11) is -3.18. The van der Waals surface area contributed by atoms with Crippen LogP contribution >= 0.6 is 0 Å². The van der Waals surface area contributed by atoms with Gasteiger partial charge in [-0.1, -0.05) is 36.4 Å². The zero-order valence-corrected chi connectivity index (χ0v) is 19.9. The number of anilines is 1. The molecule has 1 saturated heterocycles. The molecule has 1 spiro atoms. The van der Waals surface area contributed by atoms with Crippen LogP contribution in [0.4, 0.5) is 9.80 Å². The molecule has 0 bridgehead atoms. The van der Waals surface area contributed by atoms with Crippen LogP contribution in [0.25, 0.3) is 0 Å². The van der Waals surface area contributed by atoms with Crippen molar-refractivity contribution in [3.05, 3.63) is 54.4 Å². The number of para-hydroxylation sites is 1. The molecule has 2 aliphatic heterocycles. The second-order valence-corrected chi connectivity index (χ2v) is 13.0. The van der Waals surface area contributed by atoms with E-state index >= 15 is 4.11 Å². The predicted octanol–water partition coefficient (Wildman–Crippen LogP) is 3.21. The Balaban J connectivity index is 1.67. The summed E-state index contributed by atoms with van der Waals surface area (Å²) in [5.41, 5.74) is 0.809. The maximum atomic E-state index is 15.7. The molecular formula is C23H31FN4O3Si. The number of carbonyl (C=O) groups excluding carboxylic acids is 1. The molecule has 0 aliphatic carbocycles. The van der Waals surface area contributed by atoms with Gasteiger partial charge in [-0.15, -0.1) is 11.7 Å². The molecule has 9 heteroatoms. The van der Waals surface area contributed by atoms with E-state index in [4.69, 9.17) is 9.84 Å². The van der Waals surface area contributed by atoms with Gasteiger partial charge in [-0.3, -0.25) is 9.48 Å². The average molecular weight is 459 g/mol. The molecule has 1 aromatic heterocycles. The topological polar surface area (TPSA) is 80.5 Å². The summed E-state index contributed by atoms with van der Waals surface area (Å²) in [4.78, 5) is 15.4. The van der Waals surface area contributed by atoms with Crippen LogP contribution in [-0.4, -0.2) is 53.7 Å². The van der Waals surface area contributed by atoms with Gasteiger partial charge in [-0.25, -0.2) is 0 Å². The third kappa shape index (κ3) is 3.62. The molecule has 1 amide bonds. The number of carbonyl (C=O) groups is 1. The molecule has 2 aliphatic rings. The molecule has 3 heterocycles. The highest BCUT2D eigenvalue weighted by molar-refractivity contribution is 6.72. The Hall–Kier alpha value is -2.36. The Kier molecular flexibility index (Phi) is 6.08. The van der Waals surface area contributed by atoms with Crippen molar-refractivity contribution in [3.8, 4) is 0 Å². The van der Waals surface area contributed by atoms with Gasteiger partial charge >= 0.3 is 0 Å². The van der Waals surface area contributed by atoms with Crippen molar-refractivity contribution in [1.29, 1.82) is 0 Å². The van der Waals surface area contributed by atoms with Crippen LogP contribution in [0, 0.1) is 5.92 Å². The highest BCUT2D eigenvalue weighted by atomic mass is 28.4. The minimum Gasteiger partial charge on any atom is -0.396 e. The molecule has 0 saturated carbocycles. The number of amides is 1. The maximum absolute atomic E-state index is 15.7. The molecular weight excluding hydrogens is 427 g/mol. The van der Waals surface area contributed by atoms with Gasteiger partial charge in [0, 0.05) is 49.3 Å². The Morgan fingerprint density at radius 1 is 1.38 bits per heavy atom. The number of ether oxygens (including phenoxy) is 1. The Bertz CT molecular complexity index is 1010. The highest BCUT2D eigenvalue weighted by Gasteiger charge is 2.66. The summed E-state index contributed by atoms with van der Waals surface area (Å²) in [6, 6.07) is 7.65. The second kappa shape index (κ2) is 8.53. The monoisotopic (exact) mass is 458 g/mol. The third-order valence-electron chi connectivity index (χ3n) is 6.78. The number of halogens is 1. The van der Waals surface area contributed by atoms with Gasteiger partial charge in [0.15, 0.2) is 5.60 Å². The van der Waals surface area contributed by atoms with E-state index in [2.05, 4.69) is 16.9 Å². The predicted molar refractivity (Wildman–Crippen MR) is 122 cm³/mol. The van der Waals surface area contributed by atoms with Crippen molar-refractivity contribution < 1.29 is 18.7 Å². The number of aryl methyl sites for hydroxylation is 1. The lowest BCUT2D eigenvalue weighted by molar-refractivity contribution is -0.145. The van der Waals surface area contributed by atoms with E-state index in [1.165, 1.54) is 0 Å². The van der Waals surface area contributed by atoms with Crippen LogP contribution in [0.2, 0.25) is 18.6 Å². The van der Waals surface area contributed by atoms with Crippen LogP contribution in [0.15, 0.2) is 43.1 Å². The molecule has 4 atom stereocenters. The lowest BCUT2D eigenvalue weighted by Crippen LogP contribution is -2.45. The first kappa shape index (κ1) is 22.8. The van der Waals surface area contributed by atoms with Crippen LogP contribution < -0.4 is 4.90 Å². The van der Waals surface area contributed by atoms with Gasteiger partial charge in [0.1, 0.15) is 0 Å². The Labute approximate surface area is 189 Å². The smallest absolute Gasteiger partial charge is 0.264 e. The Morgan fingerprint density at radius 2 is 2.12 bits per heavy atom. The van der Waals surface area contributed by atoms with Crippen molar-refractivity contribution in [1.82, 2.24) is 15.0 Å². The normalized spacial score (nSPS) is 27.3. The average Bonchev–Trinajstić information content (AvgIpc) is 3.38. The number of nitrogens with zero attached hydrogens (tertiary/aromatic N) is 4. The first-order chi connectivity index (χ1) is 15.2. The van der Waals surface area contributed by atoms with Crippen LogP contribution in [-0.2, 0) is 28.1 Å². The largest absolute Gasteiger partial charge is 0.396 e. The van der Waals surface area contributed by atoms with Gasteiger partial charge in [-0.2, -0.15) is 0 Å². The van der Waals surface area contributed by atoms with Crippen molar-refractivity contribution in [2.24, 2.45) is 5.92 Å². The van der Waals surface area contributed by atoms with Crippen molar-refractivity contribution in [2.45, 2.75) is 56.7 Å². The Morgan fingerprint density at radius 3 is 2.81 bits per heavy atom. The molecule has 2 aromatic rings. The summed E-state index contributed by atoms with van der Waals surface area (Å²) in [6.07, 6.45) is 4.04. The van der Waals surface area contributed by atoms with Crippen LogP contribution in [0.5, 0.6) is 0 Å².